The molecule has 0 spiro atoms. The van der Waals surface area contributed by atoms with Gasteiger partial charge in [-0.25, -0.2) is 0 Å². The van der Waals surface area contributed by atoms with Gasteiger partial charge in [0.15, 0.2) is 0 Å². The van der Waals surface area contributed by atoms with Crippen molar-refractivity contribution in [3.8, 4) is 0 Å². The van der Waals surface area contributed by atoms with Crippen LogP contribution in [0, 0.1) is 0 Å². The Labute approximate surface area is 96.0 Å². The second-order valence-corrected chi connectivity index (χ2v) is 4.12. The van der Waals surface area contributed by atoms with E-state index in [2.05, 4.69) is 15.9 Å². The van der Waals surface area contributed by atoms with Gasteiger partial charge in [0.05, 0.1) is 11.4 Å². The number of hydrogen-bond donors (Lipinski definition) is 1. The second-order valence-electron chi connectivity index (χ2n) is 2.92. The van der Waals surface area contributed by atoms with Crippen molar-refractivity contribution in [2.24, 2.45) is 0 Å². The number of hydrogen-bond acceptors (Lipinski definition) is 1. The summed E-state index contributed by atoms with van der Waals surface area (Å²) in [6, 6.07) is 3.64. The molecule has 0 saturated heterocycles. The van der Waals surface area contributed by atoms with Crippen LogP contribution in [0.3, 0.4) is 0 Å². The lowest BCUT2D eigenvalue weighted by Gasteiger charge is -2.09. The molecular weight excluding hydrogens is 267 g/mol. The normalized spacial score (nSPS) is 10.2. The zero-order valence-corrected chi connectivity index (χ0v) is 10.0. The van der Waals surface area contributed by atoms with E-state index in [0.717, 1.165) is 17.5 Å². The lowest BCUT2D eigenvalue weighted by atomic mass is 10.0. The zero-order valence-electron chi connectivity index (χ0n) is 7.68. The molecule has 0 saturated carbocycles. The van der Waals surface area contributed by atoms with E-state index >= 15 is 0 Å². The van der Waals surface area contributed by atoms with E-state index in [9.17, 15) is 4.79 Å². The van der Waals surface area contributed by atoms with Crippen LogP contribution in [0.2, 0.25) is 5.02 Å². The van der Waals surface area contributed by atoms with Gasteiger partial charge in [0, 0.05) is 4.47 Å². The predicted molar refractivity (Wildman–Crippen MR) is 59.9 cm³/mol. The molecule has 0 unspecified atom stereocenters. The van der Waals surface area contributed by atoms with Crippen LogP contribution in [0.5, 0.6) is 0 Å². The Morgan fingerprint density at radius 3 is 2.71 bits per heavy atom. The number of rotatable bonds is 3. The highest BCUT2D eigenvalue weighted by atomic mass is 79.9. The minimum atomic E-state index is -0.845. The first-order valence-electron chi connectivity index (χ1n) is 4.23. The van der Waals surface area contributed by atoms with Crippen molar-refractivity contribution < 1.29 is 9.90 Å². The largest absolute Gasteiger partial charge is 0.481 e. The van der Waals surface area contributed by atoms with E-state index in [0.29, 0.717) is 9.50 Å². The van der Waals surface area contributed by atoms with Gasteiger partial charge >= 0.3 is 5.97 Å². The van der Waals surface area contributed by atoms with Crippen molar-refractivity contribution in [2.75, 3.05) is 0 Å². The van der Waals surface area contributed by atoms with Gasteiger partial charge in [0.25, 0.3) is 0 Å². The van der Waals surface area contributed by atoms with Gasteiger partial charge in [-0.2, -0.15) is 0 Å². The van der Waals surface area contributed by atoms with Gasteiger partial charge in [-0.1, -0.05) is 24.6 Å². The Hall–Kier alpha value is -0.540. The number of carboxylic acid groups (broad SMARTS) is 1. The van der Waals surface area contributed by atoms with Gasteiger partial charge in [-0.3, -0.25) is 4.79 Å². The molecule has 1 aromatic rings. The van der Waals surface area contributed by atoms with E-state index in [4.69, 9.17) is 16.7 Å². The molecule has 0 aliphatic heterocycles. The van der Waals surface area contributed by atoms with Crippen LogP contribution in [0.1, 0.15) is 18.1 Å². The Morgan fingerprint density at radius 2 is 2.21 bits per heavy atom. The molecule has 76 valence electrons. The van der Waals surface area contributed by atoms with E-state index in [1.807, 2.05) is 13.0 Å². The quantitative estimate of drug-likeness (QED) is 0.920. The summed E-state index contributed by atoms with van der Waals surface area (Å²) >= 11 is 9.19. The van der Waals surface area contributed by atoms with Crippen LogP contribution < -0.4 is 0 Å². The first-order chi connectivity index (χ1) is 6.56. The molecule has 2 nitrogen and oxygen atoms in total. The minimum absolute atomic E-state index is 0.00428. The molecule has 0 heterocycles. The third-order valence-electron chi connectivity index (χ3n) is 2.00. The highest BCUT2D eigenvalue weighted by Crippen LogP contribution is 2.29. The molecule has 0 fully saturated rings. The smallest absolute Gasteiger partial charge is 0.307 e. The van der Waals surface area contributed by atoms with E-state index in [1.54, 1.807) is 6.07 Å². The van der Waals surface area contributed by atoms with E-state index < -0.39 is 5.97 Å². The molecule has 1 rings (SSSR count). The van der Waals surface area contributed by atoms with E-state index in [-0.39, 0.29) is 6.42 Å². The van der Waals surface area contributed by atoms with Crippen LogP contribution in [0.15, 0.2) is 16.6 Å². The van der Waals surface area contributed by atoms with Crippen molar-refractivity contribution >= 4 is 33.5 Å². The van der Waals surface area contributed by atoms with Gasteiger partial charge in [0.1, 0.15) is 0 Å². The molecule has 14 heavy (non-hydrogen) atoms. The zero-order chi connectivity index (χ0) is 10.7. The maximum absolute atomic E-state index is 10.6. The fraction of sp³-hybridized carbons (Fsp3) is 0.300. The molecule has 0 aliphatic carbocycles. The molecule has 0 aliphatic rings. The summed E-state index contributed by atoms with van der Waals surface area (Å²) in [5.74, 6) is -0.845. The number of aryl methyl sites for hydroxylation is 1. The number of benzene rings is 1. The SMILES string of the molecule is CCc1ccc(Cl)c(Br)c1CC(=O)O. The van der Waals surface area contributed by atoms with Crippen molar-refractivity contribution in [1.29, 1.82) is 0 Å². The summed E-state index contributed by atoms with van der Waals surface area (Å²) < 4.78 is 0.695. The summed E-state index contributed by atoms with van der Waals surface area (Å²) in [6.45, 7) is 1.99. The lowest BCUT2D eigenvalue weighted by Crippen LogP contribution is -2.04. The number of carbonyl (C=O) groups is 1. The first-order valence-corrected chi connectivity index (χ1v) is 5.41. The molecular formula is C10H10BrClO2. The lowest BCUT2D eigenvalue weighted by molar-refractivity contribution is -0.136. The van der Waals surface area contributed by atoms with Gasteiger partial charge in [0.2, 0.25) is 0 Å². The van der Waals surface area contributed by atoms with Crippen LogP contribution in [0.4, 0.5) is 0 Å². The third-order valence-corrected chi connectivity index (χ3v) is 3.45. The molecule has 0 aromatic heterocycles. The summed E-state index contributed by atoms with van der Waals surface area (Å²) in [7, 11) is 0. The average molecular weight is 278 g/mol. The number of carboxylic acids is 1. The second kappa shape index (κ2) is 4.80. The molecule has 4 heteroatoms. The highest BCUT2D eigenvalue weighted by molar-refractivity contribution is 9.10. The molecule has 0 atom stereocenters. The predicted octanol–water partition coefficient (Wildman–Crippen LogP) is 3.29. The number of aliphatic carboxylic acids is 1. The topological polar surface area (TPSA) is 37.3 Å². The van der Waals surface area contributed by atoms with Crippen molar-refractivity contribution in [2.45, 2.75) is 19.8 Å². The van der Waals surface area contributed by atoms with Crippen LogP contribution in [-0.2, 0) is 17.6 Å². The Bertz CT molecular complexity index is 363. The Morgan fingerprint density at radius 1 is 1.57 bits per heavy atom. The van der Waals surface area contributed by atoms with Crippen molar-refractivity contribution in [3.63, 3.8) is 0 Å². The fourth-order valence-electron chi connectivity index (χ4n) is 1.31. The minimum Gasteiger partial charge on any atom is -0.481 e. The Kier molecular flexibility index (Phi) is 3.96. The fourth-order valence-corrected chi connectivity index (χ4v) is 2.01. The summed E-state index contributed by atoms with van der Waals surface area (Å²) in [4.78, 5) is 10.6. The van der Waals surface area contributed by atoms with Crippen LogP contribution >= 0.6 is 27.5 Å². The molecule has 0 bridgehead atoms. The van der Waals surface area contributed by atoms with E-state index in [1.165, 1.54) is 0 Å². The maximum Gasteiger partial charge on any atom is 0.307 e. The third kappa shape index (κ3) is 2.49. The summed E-state index contributed by atoms with van der Waals surface area (Å²) in [5, 5.41) is 9.29. The molecule has 0 amide bonds. The van der Waals surface area contributed by atoms with Crippen molar-refractivity contribution in [1.82, 2.24) is 0 Å². The Balaban J connectivity index is 3.20. The standard InChI is InChI=1S/C10H10BrClO2/c1-2-6-3-4-8(12)10(11)7(6)5-9(13)14/h3-4H,2,5H2,1H3,(H,13,14). The van der Waals surface area contributed by atoms with Crippen molar-refractivity contribution in [3.05, 3.63) is 32.8 Å². The van der Waals surface area contributed by atoms with Gasteiger partial charge < -0.3 is 5.11 Å². The monoisotopic (exact) mass is 276 g/mol. The van der Waals surface area contributed by atoms with Crippen LogP contribution in [-0.4, -0.2) is 11.1 Å². The highest BCUT2D eigenvalue weighted by Gasteiger charge is 2.12. The summed E-state index contributed by atoms with van der Waals surface area (Å²) in [6.07, 6.45) is 0.808. The summed E-state index contributed by atoms with van der Waals surface area (Å²) in [5.41, 5.74) is 1.79. The van der Waals surface area contributed by atoms with Gasteiger partial charge in [-0.05, 0) is 39.5 Å². The maximum atomic E-state index is 10.6. The average Bonchev–Trinajstić information content (AvgIpc) is 2.13. The van der Waals surface area contributed by atoms with Crippen LogP contribution in [0.25, 0.3) is 0 Å². The molecule has 1 N–H and O–H groups in total. The number of halogens is 2. The first kappa shape index (κ1) is 11.5. The molecule has 1 aromatic carbocycles. The van der Waals surface area contributed by atoms with Gasteiger partial charge in [-0.15, -0.1) is 0 Å². The molecule has 0 radical (unpaired) electrons.